The van der Waals surface area contributed by atoms with Crippen molar-refractivity contribution in [3.05, 3.63) is 35.2 Å². The minimum Gasteiger partial charge on any atom is -0.342 e. The van der Waals surface area contributed by atoms with Crippen LogP contribution in [0.15, 0.2) is 18.2 Å². The molecule has 2 heteroatoms. The third-order valence-corrected chi connectivity index (χ3v) is 2.92. The summed E-state index contributed by atoms with van der Waals surface area (Å²) in [6.45, 7) is 7.20. The lowest BCUT2D eigenvalue weighted by atomic mass is 10.2. The Morgan fingerprint density at radius 3 is 2.88 bits per heavy atom. The third kappa shape index (κ3) is 1.98. The number of aromatic nitrogens is 1. The van der Waals surface area contributed by atoms with Gasteiger partial charge in [0, 0.05) is 31.0 Å². The number of allylic oxidation sites excluding steroid dienone is 2. The van der Waals surface area contributed by atoms with Gasteiger partial charge in [-0.3, -0.25) is 0 Å². The zero-order chi connectivity index (χ0) is 11.4. The first-order chi connectivity index (χ1) is 7.95. The van der Waals surface area contributed by atoms with E-state index in [1.807, 2.05) is 13.8 Å². The van der Waals surface area contributed by atoms with Crippen LogP contribution in [0, 0.1) is 0 Å². The second-order valence-corrected chi connectivity index (χ2v) is 3.85. The van der Waals surface area contributed by atoms with Crippen molar-refractivity contribution in [2.75, 3.05) is 6.54 Å². The van der Waals surface area contributed by atoms with Crippen LogP contribution in [0.1, 0.15) is 37.2 Å². The molecule has 1 aromatic rings. The molecule has 1 aliphatic carbocycles. The molecule has 0 saturated heterocycles. The normalized spacial score (nSPS) is 16.9. The van der Waals surface area contributed by atoms with Crippen molar-refractivity contribution in [3.63, 3.8) is 0 Å². The van der Waals surface area contributed by atoms with Crippen LogP contribution in [-0.2, 0) is 13.1 Å². The third-order valence-electron chi connectivity index (χ3n) is 2.92. The molecule has 0 unspecified atom stereocenters. The predicted octanol–water partition coefficient (Wildman–Crippen LogP) is 3.05. The van der Waals surface area contributed by atoms with Gasteiger partial charge in [-0.15, -0.1) is 0 Å². The van der Waals surface area contributed by atoms with Crippen LogP contribution in [0.2, 0.25) is 0 Å². The molecule has 86 valence electrons. The average Bonchev–Trinajstić information content (AvgIpc) is 2.54. The van der Waals surface area contributed by atoms with Gasteiger partial charge in [-0.25, -0.2) is 0 Å². The molecule has 2 aliphatic rings. The number of nitrogens with zero attached hydrogens (tertiary/aromatic N) is 1. The van der Waals surface area contributed by atoms with Crippen LogP contribution in [0.25, 0.3) is 12.2 Å². The van der Waals surface area contributed by atoms with Crippen molar-refractivity contribution in [3.8, 4) is 0 Å². The van der Waals surface area contributed by atoms with E-state index in [0.717, 1.165) is 26.1 Å². The molecule has 0 aromatic carbocycles. The lowest BCUT2D eigenvalue weighted by Crippen LogP contribution is -2.28. The number of hydrogen-bond donors (Lipinski definition) is 1. The van der Waals surface area contributed by atoms with E-state index in [0.29, 0.717) is 0 Å². The molecule has 2 heterocycles. The Kier molecular flexibility index (Phi) is 3.62. The fourth-order valence-corrected chi connectivity index (χ4v) is 2.23. The van der Waals surface area contributed by atoms with Gasteiger partial charge in [0.05, 0.1) is 0 Å². The van der Waals surface area contributed by atoms with E-state index in [9.17, 15) is 0 Å². The smallest absolute Gasteiger partial charge is 0.0480 e. The van der Waals surface area contributed by atoms with Gasteiger partial charge in [-0.1, -0.05) is 32.1 Å². The van der Waals surface area contributed by atoms with Gasteiger partial charge < -0.3 is 9.88 Å². The van der Waals surface area contributed by atoms with Gasteiger partial charge in [0.15, 0.2) is 0 Å². The van der Waals surface area contributed by atoms with Crippen molar-refractivity contribution < 1.29 is 0 Å². The summed E-state index contributed by atoms with van der Waals surface area (Å²) in [4.78, 5) is 0. The zero-order valence-electron chi connectivity index (χ0n) is 10.2. The first-order valence-corrected chi connectivity index (χ1v) is 6.21. The summed E-state index contributed by atoms with van der Waals surface area (Å²) >= 11 is 0. The topological polar surface area (TPSA) is 17.0 Å². The monoisotopic (exact) mass is 216 g/mol. The molecule has 0 spiro atoms. The van der Waals surface area contributed by atoms with Gasteiger partial charge in [0.2, 0.25) is 0 Å². The molecule has 0 saturated carbocycles. The van der Waals surface area contributed by atoms with Crippen LogP contribution < -0.4 is 5.32 Å². The maximum Gasteiger partial charge on any atom is 0.0480 e. The Bertz CT molecular complexity index is 411. The molecule has 16 heavy (non-hydrogen) atoms. The maximum absolute atomic E-state index is 3.40. The summed E-state index contributed by atoms with van der Waals surface area (Å²) in [5.41, 5.74) is 4.17. The fraction of sp³-hybridized carbons (Fsp3) is 0.429. The molecule has 1 aromatic heterocycles. The van der Waals surface area contributed by atoms with Crippen LogP contribution in [0.4, 0.5) is 0 Å². The summed E-state index contributed by atoms with van der Waals surface area (Å²) in [5.74, 6) is 0. The minimum atomic E-state index is 1.01. The zero-order valence-corrected chi connectivity index (χ0v) is 10.2. The highest BCUT2D eigenvalue weighted by molar-refractivity contribution is 5.66. The van der Waals surface area contributed by atoms with Crippen molar-refractivity contribution >= 4 is 12.2 Å². The highest BCUT2D eigenvalue weighted by Crippen LogP contribution is 2.23. The molecule has 2 nitrogen and oxygen atoms in total. The second-order valence-electron chi connectivity index (χ2n) is 3.85. The number of hydrogen-bond acceptors (Lipinski definition) is 1. The first kappa shape index (κ1) is 11.2. The summed E-state index contributed by atoms with van der Waals surface area (Å²) in [6, 6.07) is 2.30. The maximum atomic E-state index is 3.40. The minimum absolute atomic E-state index is 1.01. The molecule has 0 amide bonds. The van der Waals surface area contributed by atoms with Crippen molar-refractivity contribution in [2.45, 2.75) is 33.4 Å². The average molecular weight is 216 g/mol. The summed E-state index contributed by atoms with van der Waals surface area (Å²) in [6.07, 6.45) is 10.0. The number of nitrogens with one attached hydrogen (secondary N) is 1. The lowest BCUT2D eigenvalue weighted by molar-refractivity contribution is 0.514. The van der Waals surface area contributed by atoms with E-state index in [1.165, 1.54) is 17.0 Å². The lowest BCUT2D eigenvalue weighted by Gasteiger charge is -2.17. The van der Waals surface area contributed by atoms with Gasteiger partial charge >= 0.3 is 0 Å². The molecule has 3 rings (SSSR count). The van der Waals surface area contributed by atoms with E-state index in [-0.39, 0.29) is 0 Å². The molecule has 0 radical (unpaired) electrons. The van der Waals surface area contributed by atoms with E-state index in [2.05, 4.69) is 40.3 Å². The highest BCUT2D eigenvalue weighted by Gasteiger charge is 2.14. The SMILES string of the molecule is C1=Cc2cc3n(c2C=CC1)CCNC3.CC. The van der Waals surface area contributed by atoms with Crippen LogP contribution in [-0.4, -0.2) is 11.1 Å². The quantitative estimate of drug-likeness (QED) is 0.705. The Morgan fingerprint density at radius 1 is 1.19 bits per heavy atom. The standard InChI is InChI=1S/C12H14N2.C2H6/c1-2-4-10-8-11-9-13-6-7-14(11)12(10)5-3-1;1-2/h2-5,8,13H,1,6-7,9H2;1-2H3. The van der Waals surface area contributed by atoms with Gasteiger partial charge in [-0.2, -0.15) is 0 Å². The van der Waals surface area contributed by atoms with E-state index < -0.39 is 0 Å². The molecule has 0 atom stereocenters. The van der Waals surface area contributed by atoms with Gasteiger partial charge in [0.25, 0.3) is 0 Å². The summed E-state index contributed by atoms with van der Waals surface area (Å²) in [7, 11) is 0. The second kappa shape index (κ2) is 5.17. The fourth-order valence-electron chi connectivity index (χ4n) is 2.23. The molecular weight excluding hydrogens is 196 g/mol. The molecule has 0 fully saturated rings. The predicted molar refractivity (Wildman–Crippen MR) is 70.2 cm³/mol. The first-order valence-electron chi connectivity index (χ1n) is 6.21. The largest absolute Gasteiger partial charge is 0.342 e. The Morgan fingerprint density at radius 2 is 2.00 bits per heavy atom. The van der Waals surface area contributed by atoms with Crippen LogP contribution in [0.5, 0.6) is 0 Å². The van der Waals surface area contributed by atoms with Gasteiger partial charge in [0.1, 0.15) is 0 Å². The van der Waals surface area contributed by atoms with E-state index in [1.54, 1.807) is 0 Å². The summed E-state index contributed by atoms with van der Waals surface area (Å²) < 4.78 is 2.43. The van der Waals surface area contributed by atoms with Gasteiger partial charge in [-0.05, 0) is 24.1 Å². The molecule has 0 bridgehead atoms. The van der Waals surface area contributed by atoms with Crippen molar-refractivity contribution in [1.82, 2.24) is 9.88 Å². The van der Waals surface area contributed by atoms with E-state index in [4.69, 9.17) is 0 Å². The van der Waals surface area contributed by atoms with Crippen molar-refractivity contribution in [2.24, 2.45) is 0 Å². The summed E-state index contributed by atoms with van der Waals surface area (Å²) in [5, 5.41) is 3.40. The Labute approximate surface area is 97.7 Å². The van der Waals surface area contributed by atoms with Crippen LogP contribution >= 0.6 is 0 Å². The number of fused-ring (bicyclic) bond motifs is 3. The highest BCUT2D eigenvalue weighted by atomic mass is 15.1. The molecule has 1 aliphatic heterocycles. The van der Waals surface area contributed by atoms with Crippen LogP contribution in [0.3, 0.4) is 0 Å². The molecule has 1 N–H and O–H groups in total. The Balaban J connectivity index is 0.000000457. The molecular formula is C14H20N2. The Hall–Kier alpha value is -1.28. The van der Waals surface area contributed by atoms with E-state index >= 15 is 0 Å². The van der Waals surface area contributed by atoms with Crippen molar-refractivity contribution in [1.29, 1.82) is 0 Å². The number of rotatable bonds is 0.